The fourth-order valence-corrected chi connectivity index (χ4v) is 9.01. The van der Waals surface area contributed by atoms with E-state index in [4.69, 9.17) is 21.3 Å². The van der Waals surface area contributed by atoms with Crippen molar-refractivity contribution in [1.29, 1.82) is 0 Å². The monoisotopic (exact) mass is 657 g/mol. The van der Waals surface area contributed by atoms with Crippen LogP contribution in [0.2, 0.25) is 0 Å². The molecule has 2 aromatic carbocycles. The number of anilines is 2. The first-order chi connectivity index (χ1) is 22.7. The Morgan fingerprint density at radius 2 is 1.89 bits per heavy atom. The van der Waals surface area contributed by atoms with Gasteiger partial charge in [-0.2, -0.15) is 9.97 Å². The van der Waals surface area contributed by atoms with E-state index < -0.39 is 10.0 Å². The third kappa shape index (κ3) is 6.64. The third-order valence-electron chi connectivity index (χ3n) is 9.79. The summed E-state index contributed by atoms with van der Waals surface area (Å²) in [4.78, 5) is 32.2. The fraction of sp³-hybridized carbons (Fsp3) is 0.486. The maximum atomic E-state index is 13.1. The van der Waals surface area contributed by atoms with Crippen LogP contribution in [-0.2, 0) is 27.8 Å². The van der Waals surface area contributed by atoms with Crippen LogP contribution in [0.1, 0.15) is 42.5 Å². The van der Waals surface area contributed by atoms with Gasteiger partial charge in [0.2, 0.25) is 22.5 Å². The van der Waals surface area contributed by atoms with Crippen LogP contribution in [0.5, 0.6) is 6.01 Å². The molecule has 0 radical (unpaired) electrons. The molecule has 1 aliphatic carbocycles. The van der Waals surface area contributed by atoms with E-state index in [9.17, 15) is 13.2 Å². The summed E-state index contributed by atoms with van der Waals surface area (Å²) >= 11 is 0. The molecule has 3 heterocycles. The van der Waals surface area contributed by atoms with Crippen molar-refractivity contribution < 1.29 is 17.9 Å². The van der Waals surface area contributed by atoms with E-state index in [1.54, 1.807) is 11.9 Å². The lowest BCUT2D eigenvalue weighted by Crippen LogP contribution is -2.56. The molecular weight excluding hydrogens is 614 g/mol. The van der Waals surface area contributed by atoms with Crippen LogP contribution in [0, 0.1) is 13.5 Å². The molecule has 1 atom stereocenters. The molecule has 12 heteroatoms. The van der Waals surface area contributed by atoms with Crippen LogP contribution in [0.25, 0.3) is 15.6 Å². The van der Waals surface area contributed by atoms with Crippen LogP contribution in [-0.4, -0.2) is 97.7 Å². The van der Waals surface area contributed by atoms with Crippen molar-refractivity contribution in [3.8, 4) is 6.01 Å². The van der Waals surface area contributed by atoms with Crippen molar-refractivity contribution in [3.63, 3.8) is 0 Å². The van der Waals surface area contributed by atoms with Crippen LogP contribution in [0.4, 0.5) is 11.5 Å². The number of benzene rings is 2. The number of carbonyl (C=O) groups excluding carboxylic acids is 1. The zero-order valence-electron chi connectivity index (χ0n) is 27.3. The Kier molecular flexibility index (Phi) is 9.66. The first-order valence-corrected chi connectivity index (χ1v) is 17.9. The molecule has 2 fully saturated rings. The van der Waals surface area contributed by atoms with Gasteiger partial charge in [-0.3, -0.25) is 4.79 Å². The second kappa shape index (κ2) is 13.9. The number of likely N-dealkylation sites (N-methyl/N-ethyl adjacent to an activating group) is 1. The highest BCUT2D eigenvalue weighted by atomic mass is 32.2. The Morgan fingerprint density at radius 3 is 2.64 bits per heavy atom. The first-order valence-electron chi connectivity index (χ1n) is 16.4. The molecule has 0 unspecified atom stereocenters. The lowest BCUT2D eigenvalue weighted by molar-refractivity contribution is -0.128. The highest BCUT2D eigenvalue weighted by Crippen LogP contribution is 2.36. The SMILES string of the molecule is [C-]#[N+]C[C@H]1CN(c2nc(OCCN(C)S(=O)(=O)C3CCCC3)nc3c2CCN(c2cccc4cccc(C)c24)C3)CCN1C(=O)C=C. The average Bonchev–Trinajstić information content (AvgIpc) is 3.64. The number of piperazine rings is 1. The predicted molar refractivity (Wildman–Crippen MR) is 184 cm³/mol. The maximum Gasteiger partial charge on any atom is 0.318 e. The maximum absolute atomic E-state index is 13.1. The zero-order valence-corrected chi connectivity index (χ0v) is 28.1. The van der Waals surface area contributed by atoms with Crippen molar-refractivity contribution in [2.75, 3.05) is 62.7 Å². The van der Waals surface area contributed by atoms with Crippen molar-refractivity contribution in [3.05, 3.63) is 77.3 Å². The Morgan fingerprint density at radius 1 is 1.13 bits per heavy atom. The average molecular weight is 658 g/mol. The van der Waals surface area contributed by atoms with Crippen LogP contribution in [0.15, 0.2) is 49.1 Å². The fourth-order valence-electron chi connectivity index (χ4n) is 7.24. The van der Waals surface area contributed by atoms with Gasteiger partial charge in [0.25, 0.3) is 0 Å². The lowest BCUT2D eigenvalue weighted by atomic mass is 9.99. The van der Waals surface area contributed by atoms with Crippen molar-refractivity contribution >= 4 is 38.2 Å². The quantitative estimate of drug-likeness (QED) is 0.236. The first kappa shape index (κ1) is 32.7. The van der Waals surface area contributed by atoms with Gasteiger partial charge in [-0.25, -0.2) is 19.3 Å². The summed E-state index contributed by atoms with van der Waals surface area (Å²) < 4.78 is 33.6. The van der Waals surface area contributed by atoms with Gasteiger partial charge in [0, 0.05) is 56.4 Å². The zero-order chi connectivity index (χ0) is 33.1. The molecule has 1 saturated carbocycles. The molecule has 3 aliphatic rings. The Bertz CT molecular complexity index is 1800. The molecule has 0 bridgehead atoms. The van der Waals surface area contributed by atoms with E-state index in [-0.39, 0.29) is 42.9 Å². The molecule has 248 valence electrons. The van der Waals surface area contributed by atoms with Crippen LogP contribution in [0.3, 0.4) is 0 Å². The number of aromatic nitrogens is 2. The highest BCUT2D eigenvalue weighted by Gasteiger charge is 2.35. The number of sulfonamides is 1. The van der Waals surface area contributed by atoms with Gasteiger partial charge < -0.3 is 24.3 Å². The summed E-state index contributed by atoms with van der Waals surface area (Å²) in [5.74, 6) is 0.580. The molecule has 47 heavy (non-hydrogen) atoms. The summed E-state index contributed by atoms with van der Waals surface area (Å²) in [6.07, 6.45) is 5.33. The second-order valence-corrected chi connectivity index (χ2v) is 15.0. The molecule has 1 amide bonds. The van der Waals surface area contributed by atoms with Crippen LogP contribution >= 0.6 is 0 Å². The molecule has 0 N–H and O–H groups in total. The number of nitrogens with zero attached hydrogens (tertiary/aromatic N) is 7. The molecule has 11 nitrogen and oxygen atoms in total. The van der Waals surface area contributed by atoms with E-state index in [1.807, 2.05) is 0 Å². The summed E-state index contributed by atoms with van der Waals surface area (Å²) in [5, 5.41) is 2.09. The Balaban J connectivity index is 1.29. The van der Waals surface area contributed by atoms with Gasteiger partial charge in [-0.1, -0.05) is 49.8 Å². The summed E-state index contributed by atoms with van der Waals surface area (Å²) in [5.41, 5.74) is 4.27. The normalized spacial score (nSPS) is 18.8. The standard InChI is InChI=1S/C35H43N7O4S/c1-5-32(43)42-19-18-41(23-27(42)22-36-3)34-29-16-17-40(31-15-9-12-26-11-8-10-25(2)33(26)31)24-30(29)37-35(38-34)46-21-20-39(4)47(44,45)28-13-6-7-14-28/h5,8-12,15,27-28H,1,6-7,13-14,16-24H2,2,4H3/t27-/m0/s1. The van der Waals surface area contributed by atoms with E-state index in [0.717, 1.165) is 48.6 Å². The highest BCUT2D eigenvalue weighted by molar-refractivity contribution is 7.89. The molecule has 1 saturated heterocycles. The van der Waals surface area contributed by atoms with Crippen LogP contribution < -0.4 is 14.5 Å². The smallest absolute Gasteiger partial charge is 0.318 e. The molecule has 3 aromatic rings. The minimum absolute atomic E-state index is 0.120. The van der Waals surface area contributed by atoms with Crippen molar-refractivity contribution in [2.24, 2.45) is 0 Å². The lowest BCUT2D eigenvalue weighted by Gasteiger charge is -2.41. The van der Waals surface area contributed by atoms with E-state index >= 15 is 0 Å². The number of fused-ring (bicyclic) bond motifs is 2. The van der Waals surface area contributed by atoms with Gasteiger partial charge in [0.15, 0.2) is 0 Å². The van der Waals surface area contributed by atoms with Crippen molar-refractivity contribution in [1.82, 2.24) is 19.2 Å². The number of ether oxygens (including phenoxy) is 1. The van der Waals surface area contributed by atoms with Crippen molar-refractivity contribution in [2.45, 2.75) is 56.9 Å². The summed E-state index contributed by atoms with van der Waals surface area (Å²) in [6.45, 7) is 16.6. The minimum atomic E-state index is -3.38. The predicted octanol–water partition coefficient (Wildman–Crippen LogP) is 4.21. The minimum Gasteiger partial charge on any atom is -0.462 e. The number of carbonyl (C=O) groups is 1. The van der Waals surface area contributed by atoms with Gasteiger partial charge in [-0.15, -0.1) is 0 Å². The largest absolute Gasteiger partial charge is 0.462 e. The van der Waals surface area contributed by atoms with Gasteiger partial charge in [-0.05, 0) is 49.3 Å². The Labute approximate surface area is 277 Å². The third-order valence-corrected chi connectivity index (χ3v) is 12.2. The second-order valence-electron chi connectivity index (χ2n) is 12.7. The van der Waals surface area contributed by atoms with E-state index in [0.29, 0.717) is 39.0 Å². The molecular formula is C35H43N7O4S. The number of amides is 1. The van der Waals surface area contributed by atoms with Gasteiger partial charge in [0.1, 0.15) is 18.5 Å². The Hall–Kier alpha value is -4.21. The van der Waals surface area contributed by atoms with Gasteiger partial charge in [0.05, 0.1) is 17.5 Å². The number of rotatable bonds is 10. The number of aryl methyl sites for hydroxylation is 1. The number of hydrogen-bond acceptors (Lipinski definition) is 8. The molecule has 2 aliphatic heterocycles. The number of hydrogen-bond donors (Lipinski definition) is 0. The molecule has 1 aromatic heterocycles. The molecule has 6 rings (SSSR count). The molecule has 0 spiro atoms. The summed E-state index contributed by atoms with van der Waals surface area (Å²) in [6, 6.07) is 12.6. The topological polar surface area (TPSA) is 104 Å². The summed E-state index contributed by atoms with van der Waals surface area (Å²) in [7, 11) is -1.77. The van der Waals surface area contributed by atoms with Gasteiger partial charge >= 0.3 is 6.01 Å². The van der Waals surface area contributed by atoms with E-state index in [2.05, 4.69) is 64.5 Å². The van der Waals surface area contributed by atoms with E-state index in [1.165, 1.54) is 26.7 Å².